The second-order valence-corrected chi connectivity index (χ2v) is 6.95. The number of hydrogen-bond donors (Lipinski definition) is 0. The summed E-state index contributed by atoms with van der Waals surface area (Å²) in [6, 6.07) is 7.16. The molecule has 0 aromatic heterocycles. The molecule has 0 aliphatic heterocycles. The Labute approximate surface area is 144 Å². The second kappa shape index (κ2) is 8.05. The van der Waals surface area contributed by atoms with Crippen LogP contribution in [0.5, 0.6) is 0 Å². The number of thioether (sulfide) groups is 1. The molecule has 2 nitrogen and oxygen atoms in total. The highest BCUT2D eigenvalue weighted by Crippen LogP contribution is 2.44. The van der Waals surface area contributed by atoms with E-state index in [2.05, 4.69) is 33.9 Å². The van der Waals surface area contributed by atoms with E-state index in [-0.39, 0.29) is 6.42 Å². The van der Waals surface area contributed by atoms with Gasteiger partial charge in [-0.15, -0.1) is 6.58 Å². The van der Waals surface area contributed by atoms with Crippen molar-refractivity contribution in [3.8, 4) is 0 Å². The number of carbonyl (C=O) groups excluding carboxylic acids is 1. The number of methoxy groups -OCH3 is 1. The summed E-state index contributed by atoms with van der Waals surface area (Å²) in [4.78, 5) is 11.9. The van der Waals surface area contributed by atoms with Gasteiger partial charge in [-0.3, -0.25) is 4.79 Å². The minimum Gasteiger partial charge on any atom is -0.468 e. The fraction of sp³-hybridized carbons (Fsp3) is 0.267. The molecule has 1 atom stereocenters. The third-order valence-electron chi connectivity index (χ3n) is 2.69. The first-order chi connectivity index (χ1) is 10.2. The van der Waals surface area contributed by atoms with Crippen LogP contribution in [-0.2, 0) is 9.53 Å². The first-order valence-electron chi connectivity index (χ1n) is 6.13. The summed E-state index contributed by atoms with van der Waals surface area (Å²) in [5.41, 5.74) is -3.88. The quantitative estimate of drug-likeness (QED) is 0.351. The molecule has 22 heavy (non-hydrogen) atoms. The maximum absolute atomic E-state index is 12.8. The van der Waals surface area contributed by atoms with Crippen LogP contribution in [0.15, 0.2) is 43.0 Å². The van der Waals surface area contributed by atoms with Gasteiger partial charge in [-0.1, -0.05) is 30.4 Å². The molecule has 0 aliphatic carbocycles. The van der Waals surface area contributed by atoms with Crippen molar-refractivity contribution < 1.29 is 22.7 Å². The summed E-state index contributed by atoms with van der Waals surface area (Å²) in [6.07, 6.45) is 3.79. The smallest absolute Gasteiger partial charge is 0.443 e. The Bertz CT molecular complexity index is 555. The van der Waals surface area contributed by atoms with Gasteiger partial charge in [0.2, 0.25) is 0 Å². The first-order valence-corrected chi connectivity index (χ1v) is 8.03. The fourth-order valence-electron chi connectivity index (χ4n) is 1.74. The number of benzene rings is 1. The van der Waals surface area contributed by atoms with Crippen LogP contribution in [0.2, 0.25) is 0 Å². The molecule has 7 heteroatoms. The maximum Gasteiger partial charge on any atom is 0.443 e. The van der Waals surface area contributed by atoms with E-state index >= 15 is 0 Å². The summed E-state index contributed by atoms with van der Waals surface area (Å²) < 4.78 is 42.2. The van der Waals surface area contributed by atoms with Gasteiger partial charge >= 0.3 is 11.5 Å². The molecular formula is C15H14F3IO2S. The number of esters is 1. The molecule has 0 radical (unpaired) electrons. The predicted molar refractivity (Wildman–Crippen MR) is 91.4 cm³/mol. The standard InChI is InChI=1S/C15H14F3IO2S/c1-3-9-14(13(20)21-2,22-15(16,17)18)10-8-11-4-6-12(19)7-5-11/h3-8,10H,1,9H2,2H3/b10-8+. The number of alkyl halides is 3. The minimum absolute atomic E-state index is 0.190. The number of hydrogen-bond acceptors (Lipinski definition) is 3. The molecule has 0 heterocycles. The van der Waals surface area contributed by atoms with Crippen molar-refractivity contribution in [3.63, 3.8) is 0 Å². The summed E-state index contributed by atoms with van der Waals surface area (Å²) >= 11 is 1.72. The van der Waals surface area contributed by atoms with Gasteiger partial charge in [0.15, 0.2) is 0 Å². The van der Waals surface area contributed by atoms with E-state index in [1.54, 1.807) is 12.1 Å². The summed E-state index contributed by atoms with van der Waals surface area (Å²) in [5.74, 6) is -0.962. The van der Waals surface area contributed by atoms with Crippen molar-refractivity contribution >= 4 is 46.4 Å². The van der Waals surface area contributed by atoms with Crippen LogP contribution in [0.4, 0.5) is 13.2 Å². The normalized spacial score (nSPS) is 14.6. The monoisotopic (exact) mass is 442 g/mol. The van der Waals surface area contributed by atoms with Crippen LogP contribution in [0.25, 0.3) is 6.08 Å². The topological polar surface area (TPSA) is 26.3 Å². The van der Waals surface area contributed by atoms with Crippen LogP contribution in [-0.4, -0.2) is 23.3 Å². The second-order valence-electron chi connectivity index (χ2n) is 4.31. The van der Waals surface area contributed by atoms with Gasteiger partial charge in [0.05, 0.1) is 7.11 Å². The zero-order valence-corrected chi connectivity index (χ0v) is 14.7. The van der Waals surface area contributed by atoms with E-state index in [0.29, 0.717) is 5.56 Å². The minimum atomic E-state index is -4.58. The van der Waals surface area contributed by atoms with Gasteiger partial charge in [-0.05, 0) is 58.5 Å². The molecular weight excluding hydrogens is 428 g/mol. The van der Waals surface area contributed by atoms with E-state index in [9.17, 15) is 18.0 Å². The van der Waals surface area contributed by atoms with E-state index in [0.717, 1.165) is 10.7 Å². The average Bonchev–Trinajstić information content (AvgIpc) is 2.44. The largest absolute Gasteiger partial charge is 0.468 e. The molecule has 0 saturated heterocycles. The highest BCUT2D eigenvalue weighted by Gasteiger charge is 2.47. The average molecular weight is 442 g/mol. The molecule has 0 fully saturated rings. The molecule has 0 aliphatic rings. The van der Waals surface area contributed by atoms with Crippen LogP contribution in [0.3, 0.4) is 0 Å². The number of rotatable bonds is 6. The van der Waals surface area contributed by atoms with Crippen LogP contribution < -0.4 is 0 Å². The lowest BCUT2D eigenvalue weighted by atomic mass is 10.0. The molecule has 0 N–H and O–H groups in total. The van der Waals surface area contributed by atoms with Gasteiger partial charge < -0.3 is 4.74 Å². The van der Waals surface area contributed by atoms with Gasteiger partial charge in [0.1, 0.15) is 4.75 Å². The molecule has 1 rings (SSSR count). The summed E-state index contributed by atoms with van der Waals surface area (Å²) in [6.45, 7) is 3.44. The molecule has 0 spiro atoms. The Hall–Kier alpha value is -0.960. The SMILES string of the molecule is C=CCC(/C=C/c1ccc(I)cc1)(SC(F)(F)F)C(=O)OC. The highest BCUT2D eigenvalue weighted by atomic mass is 127. The molecule has 1 aromatic rings. The molecule has 1 aromatic carbocycles. The lowest BCUT2D eigenvalue weighted by molar-refractivity contribution is -0.142. The lowest BCUT2D eigenvalue weighted by Gasteiger charge is -2.26. The van der Waals surface area contributed by atoms with Gasteiger partial charge in [-0.25, -0.2) is 0 Å². The van der Waals surface area contributed by atoms with Crippen LogP contribution in [0, 0.1) is 3.57 Å². The van der Waals surface area contributed by atoms with Crippen molar-refractivity contribution in [2.75, 3.05) is 7.11 Å². The Morgan fingerprint density at radius 1 is 1.36 bits per heavy atom. The maximum atomic E-state index is 12.8. The van der Waals surface area contributed by atoms with Crippen molar-refractivity contribution in [2.45, 2.75) is 16.7 Å². The first kappa shape index (κ1) is 19.1. The number of carbonyl (C=O) groups is 1. The third-order valence-corrected chi connectivity index (χ3v) is 4.48. The molecule has 0 amide bonds. The zero-order chi connectivity index (χ0) is 16.8. The van der Waals surface area contributed by atoms with Crippen LogP contribution in [0.1, 0.15) is 12.0 Å². The molecule has 1 unspecified atom stereocenters. The Kier molecular flexibility index (Phi) is 6.98. The van der Waals surface area contributed by atoms with Gasteiger partial charge in [0.25, 0.3) is 0 Å². The van der Waals surface area contributed by atoms with Crippen LogP contribution >= 0.6 is 34.4 Å². The zero-order valence-electron chi connectivity index (χ0n) is 11.7. The Balaban J connectivity index is 3.19. The third kappa shape index (κ3) is 5.68. The Morgan fingerprint density at radius 3 is 2.41 bits per heavy atom. The molecule has 0 bridgehead atoms. The fourth-order valence-corrected chi connectivity index (χ4v) is 3.01. The predicted octanol–water partition coefficient (Wildman–Crippen LogP) is 5.05. The van der Waals surface area contributed by atoms with Crippen molar-refractivity contribution in [1.82, 2.24) is 0 Å². The van der Waals surface area contributed by atoms with E-state index in [1.807, 2.05) is 12.1 Å². The number of halogens is 4. The number of allylic oxidation sites excluding steroid dienone is 1. The summed E-state index contributed by atoms with van der Waals surface area (Å²) in [7, 11) is 1.07. The van der Waals surface area contributed by atoms with Gasteiger partial charge in [-0.2, -0.15) is 13.2 Å². The molecule has 120 valence electrons. The number of ether oxygens (including phenoxy) is 1. The van der Waals surface area contributed by atoms with Crippen molar-refractivity contribution in [2.24, 2.45) is 0 Å². The lowest BCUT2D eigenvalue weighted by Crippen LogP contribution is -2.36. The van der Waals surface area contributed by atoms with Crippen molar-refractivity contribution in [1.29, 1.82) is 0 Å². The highest BCUT2D eigenvalue weighted by molar-refractivity contribution is 14.1. The van der Waals surface area contributed by atoms with E-state index in [4.69, 9.17) is 0 Å². The van der Waals surface area contributed by atoms with Gasteiger partial charge in [0, 0.05) is 3.57 Å². The van der Waals surface area contributed by atoms with E-state index in [1.165, 1.54) is 18.2 Å². The Morgan fingerprint density at radius 2 is 1.95 bits per heavy atom. The molecule has 0 saturated carbocycles. The van der Waals surface area contributed by atoms with Crippen molar-refractivity contribution in [3.05, 3.63) is 52.1 Å². The van der Waals surface area contributed by atoms with E-state index < -0.39 is 28.0 Å². The summed E-state index contributed by atoms with van der Waals surface area (Å²) in [5, 5.41) is 0.